The zero-order valence-electron chi connectivity index (χ0n) is 17.3. The summed E-state index contributed by atoms with van der Waals surface area (Å²) >= 11 is 5.89. The van der Waals surface area contributed by atoms with E-state index in [0.717, 1.165) is 34.7 Å². The molecule has 1 atom stereocenters. The highest BCUT2D eigenvalue weighted by atomic mass is 35.5. The van der Waals surface area contributed by atoms with Gasteiger partial charge in [-0.3, -0.25) is 14.2 Å². The van der Waals surface area contributed by atoms with E-state index in [2.05, 4.69) is 29.1 Å². The van der Waals surface area contributed by atoms with Crippen LogP contribution in [-0.4, -0.2) is 25.4 Å². The van der Waals surface area contributed by atoms with E-state index in [9.17, 15) is 9.90 Å². The minimum absolute atomic E-state index is 0.113. The summed E-state index contributed by atoms with van der Waals surface area (Å²) in [7, 11) is 0. The maximum absolute atomic E-state index is 12.7. The van der Waals surface area contributed by atoms with Crippen molar-refractivity contribution in [3.63, 3.8) is 0 Å². The van der Waals surface area contributed by atoms with Gasteiger partial charge in [0, 0.05) is 29.4 Å². The van der Waals surface area contributed by atoms with Crippen LogP contribution in [0.3, 0.4) is 0 Å². The summed E-state index contributed by atoms with van der Waals surface area (Å²) in [5.74, 6) is 0.0246. The van der Waals surface area contributed by atoms with Crippen LogP contribution in [0.5, 0.6) is 0 Å². The Hall–Kier alpha value is -3.22. The predicted octanol–water partition coefficient (Wildman–Crippen LogP) is 5.31. The van der Waals surface area contributed by atoms with Crippen molar-refractivity contribution in [3.8, 4) is 11.3 Å². The third-order valence-corrected chi connectivity index (χ3v) is 5.63. The average molecular weight is 435 g/mol. The van der Waals surface area contributed by atoms with Gasteiger partial charge in [-0.15, -0.1) is 0 Å². The molecule has 4 aromatic rings. The number of rotatable bonds is 6. The van der Waals surface area contributed by atoms with Crippen LogP contribution in [0.25, 0.3) is 16.9 Å². The molecule has 6 nitrogen and oxygen atoms in total. The average Bonchev–Trinajstić information content (AvgIpc) is 3.17. The molecule has 1 aromatic carbocycles. The number of anilines is 1. The van der Waals surface area contributed by atoms with Crippen LogP contribution < -0.4 is 5.32 Å². The molecular formula is C24H23ClN4O2. The molecule has 0 bridgehead atoms. The Kier molecular flexibility index (Phi) is 6.02. The van der Waals surface area contributed by atoms with Crippen molar-refractivity contribution in [2.24, 2.45) is 0 Å². The summed E-state index contributed by atoms with van der Waals surface area (Å²) in [6.07, 6.45) is 4.32. The lowest BCUT2D eigenvalue weighted by molar-refractivity contribution is 0.102. The van der Waals surface area contributed by atoms with Gasteiger partial charge in [-0.05, 0) is 42.8 Å². The predicted molar refractivity (Wildman–Crippen MR) is 122 cm³/mol. The van der Waals surface area contributed by atoms with Crippen LogP contribution in [0.1, 0.15) is 47.9 Å². The summed E-state index contributed by atoms with van der Waals surface area (Å²) in [4.78, 5) is 21.7. The first kappa shape index (κ1) is 21.0. The molecule has 0 radical (unpaired) electrons. The van der Waals surface area contributed by atoms with Crippen molar-refractivity contribution in [1.29, 1.82) is 0 Å². The van der Waals surface area contributed by atoms with E-state index in [4.69, 9.17) is 11.6 Å². The Morgan fingerprint density at radius 3 is 2.58 bits per heavy atom. The summed E-state index contributed by atoms with van der Waals surface area (Å²) in [5.41, 5.74) is 5.24. The largest absolute Gasteiger partial charge is 0.390 e. The summed E-state index contributed by atoms with van der Waals surface area (Å²) < 4.78 is 1.84. The number of hydrogen-bond acceptors (Lipinski definition) is 4. The zero-order chi connectivity index (χ0) is 22.0. The number of carbonyl (C=O) groups is 1. The van der Waals surface area contributed by atoms with E-state index < -0.39 is 0 Å². The van der Waals surface area contributed by atoms with Gasteiger partial charge >= 0.3 is 0 Å². The summed E-state index contributed by atoms with van der Waals surface area (Å²) in [6, 6.07) is 14.5. The van der Waals surface area contributed by atoms with Crippen LogP contribution in [0.15, 0.2) is 60.9 Å². The number of aliphatic hydroxyl groups excluding tert-OH is 1. The first-order valence-corrected chi connectivity index (χ1v) is 10.5. The molecule has 0 aliphatic rings. The Morgan fingerprint density at radius 2 is 1.94 bits per heavy atom. The van der Waals surface area contributed by atoms with Gasteiger partial charge in [0.15, 0.2) is 0 Å². The van der Waals surface area contributed by atoms with Crippen molar-refractivity contribution in [2.45, 2.75) is 32.8 Å². The van der Waals surface area contributed by atoms with Crippen molar-refractivity contribution in [2.75, 3.05) is 5.32 Å². The number of fused-ring (bicyclic) bond motifs is 1. The second kappa shape index (κ2) is 8.88. The molecule has 1 unspecified atom stereocenters. The van der Waals surface area contributed by atoms with E-state index in [1.165, 1.54) is 0 Å². The van der Waals surface area contributed by atoms with Crippen LogP contribution in [0, 0.1) is 0 Å². The van der Waals surface area contributed by atoms with Gasteiger partial charge in [0.25, 0.3) is 5.91 Å². The van der Waals surface area contributed by atoms with Gasteiger partial charge in [0.05, 0.1) is 34.4 Å². The number of aliphatic hydroxyl groups is 1. The van der Waals surface area contributed by atoms with Crippen LogP contribution in [-0.2, 0) is 6.61 Å². The standard InChI is InChI=1S/C24H23ClN4O2/c1-3-15(2)23-21(14-30)29-13-19(9-11-22(29)28-23)27-24(31)17-6-4-16(5-7-17)20-10-8-18(25)12-26-20/h4-13,15,30H,3,14H2,1-2H3,(H,27,31). The number of hydrogen-bond donors (Lipinski definition) is 2. The number of pyridine rings is 2. The van der Waals surface area contributed by atoms with Crippen molar-refractivity contribution in [1.82, 2.24) is 14.4 Å². The van der Waals surface area contributed by atoms with Crippen molar-refractivity contribution < 1.29 is 9.90 Å². The first-order chi connectivity index (χ1) is 15.0. The lowest BCUT2D eigenvalue weighted by Crippen LogP contribution is -2.12. The molecule has 31 heavy (non-hydrogen) atoms. The Labute approximate surface area is 185 Å². The van der Waals surface area contributed by atoms with Gasteiger partial charge in [0.1, 0.15) is 5.65 Å². The maximum atomic E-state index is 12.7. The number of carbonyl (C=O) groups excluding carboxylic acids is 1. The number of halogens is 1. The summed E-state index contributed by atoms with van der Waals surface area (Å²) in [5, 5.41) is 13.4. The quantitative estimate of drug-likeness (QED) is 0.431. The number of aromatic nitrogens is 3. The molecule has 0 fully saturated rings. The van der Waals surface area contributed by atoms with Gasteiger partial charge < -0.3 is 10.4 Å². The molecule has 4 rings (SSSR count). The molecule has 0 aliphatic heterocycles. The molecule has 0 saturated heterocycles. The lowest BCUT2D eigenvalue weighted by Gasteiger charge is -2.09. The molecule has 0 spiro atoms. The molecule has 3 heterocycles. The fraction of sp³-hybridized carbons (Fsp3) is 0.208. The molecular weight excluding hydrogens is 412 g/mol. The number of nitrogens with zero attached hydrogens (tertiary/aromatic N) is 3. The van der Waals surface area contributed by atoms with Gasteiger partial charge in [-0.1, -0.05) is 37.6 Å². The molecule has 0 saturated carbocycles. The first-order valence-electron chi connectivity index (χ1n) is 10.1. The second-order valence-corrected chi connectivity index (χ2v) is 7.89. The van der Waals surface area contributed by atoms with Gasteiger partial charge in [0.2, 0.25) is 0 Å². The minimum Gasteiger partial charge on any atom is -0.390 e. The molecule has 7 heteroatoms. The monoisotopic (exact) mass is 434 g/mol. The van der Waals surface area contributed by atoms with E-state index in [-0.39, 0.29) is 18.4 Å². The maximum Gasteiger partial charge on any atom is 0.255 e. The SMILES string of the molecule is CCC(C)c1nc2ccc(NC(=O)c3ccc(-c4ccc(Cl)cn4)cc3)cn2c1CO. The van der Waals surface area contributed by atoms with Crippen LogP contribution in [0.2, 0.25) is 5.02 Å². The number of amides is 1. The van der Waals surface area contributed by atoms with E-state index >= 15 is 0 Å². The number of nitrogens with one attached hydrogen (secondary N) is 1. The highest BCUT2D eigenvalue weighted by molar-refractivity contribution is 6.30. The zero-order valence-corrected chi connectivity index (χ0v) is 18.1. The topological polar surface area (TPSA) is 79.5 Å². The molecule has 2 N–H and O–H groups in total. The van der Waals surface area contributed by atoms with Gasteiger partial charge in [-0.25, -0.2) is 4.98 Å². The van der Waals surface area contributed by atoms with Crippen LogP contribution >= 0.6 is 11.6 Å². The van der Waals surface area contributed by atoms with Crippen molar-refractivity contribution in [3.05, 3.63) is 82.9 Å². The lowest BCUT2D eigenvalue weighted by atomic mass is 10.0. The number of imidazole rings is 1. The Morgan fingerprint density at radius 1 is 1.16 bits per heavy atom. The molecule has 3 aromatic heterocycles. The van der Waals surface area contributed by atoms with Gasteiger partial charge in [-0.2, -0.15) is 0 Å². The Balaban J connectivity index is 1.56. The molecule has 0 aliphatic carbocycles. The molecule has 158 valence electrons. The highest BCUT2D eigenvalue weighted by Gasteiger charge is 2.17. The second-order valence-electron chi connectivity index (χ2n) is 7.45. The van der Waals surface area contributed by atoms with E-state index in [1.54, 1.807) is 30.6 Å². The summed E-state index contributed by atoms with van der Waals surface area (Å²) in [6.45, 7) is 4.07. The van der Waals surface area contributed by atoms with E-state index in [0.29, 0.717) is 16.3 Å². The molecule has 1 amide bonds. The smallest absolute Gasteiger partial charge is 0.255 e. The normalized spacial score (nSPS) is 12.1. The fourth-order valence-electron chi connectivity index (χ4n) is 3.47. The highest BCUT2D eigenvalue weighted by Crippen LogP contribution is 2.25. The Bertz CT molecular complexity index is 1220. The van der Waals surface area contributed by atoms with E-state index in [1.807, 2.05) is 34.7 Å². The number of benzene rings is 1. The van der Waals surface area contributed by atoms with Crippen molar-refractivity contribution >= 4 is 28.8 Å². The fourth-order valence-corrected chi connectivity index (χ4v) is 3.58. The third-order valence-electron chi connectivity index (χ3n) is 5.41. The van der Waals surface area contributed by atoms with Crippen LogP contribution in [0.4, 0.5) is 5.69 Å². The third kappa shape index (κ3) is 4.31. The minimum atomic E-state index is -0.220.